The van der Waals surface area contributed by atoms with Crippen LogP contribution < -0.4 is 0 Å². The topological polar surface area (TPSA) is 85.5 Å². The van der Waals surface area contributed by atoms with Gasteiger partial charge in [0, 0.05) is 22.6 Å². The molecule has 0 N–H and O–H groups in total. The van der Waals surface area contributed by atoms with Crippen molar-refractivity contribution >= 4 is 32.3 Å². The summed E-state index contributed by atoms with van der Waals surface area (Å²) in [5.41, 5.74) is 1.88. The molecule has 0 fully saturated rings. The van der Waals surface area contributed by atoms with Gasteiger partial charge in [-0.05, 0) is 17.5 Å². The van der Waals surface area contributed by atoms with Gasteiger partial charge >= 0.3 is 0 Å². The van der Waals surface area contributed by atoms with E-state index in [0.717, 1.165) is 15.7 Å². The van der Waals surface area contributed by atoms with Crippen LogP contribution in [0.1, 0.15) is 24.1 Å². The molecule has 0 radical (unpaired) electrons. The van der Waals surface area contributed by atoms with E-state index in [1.165, 1.54) is 6.26 Å². The molecule has 1 aromatic heterocycles. The standard InChI is InChI=1S/C10H14IN3O3S/c1-8(7-18(2,17)13-14(15)16)9-3-4-10(5-11)12-6-9/h3-4,6,8H,5,7H2,1-2H3. The highest BCUT2D eigenvalue weighted by atomic mass is 127. The molecule has 0 saturated carbocycles. The van der Waals surface area contributed by atoms with Crippen molar-refractivity contribution in [1.29, 1.82) is 0 Å². The van der Waals surface area contributed by atoms with E-state index in [1.54, 1.807) is 6.20 Å². The maximum Gasteiger partial charge on any atom is 0.199 e. The maximum absolute atomic E-state index is 11.9. The largest absolute Gasteiger partial charge is 0.260 e. The van der Waals surface area contributed by atoms with E-state index < -0.39 is 14.8 Å². The number of nitrogens with zero attached hydrogens (tertiary/aromatic N) is 3. The van der Waals surface area contributed by atoms with Gasteiger partial charge in [0.25, 0.3) is 0 Å². The van der Waals surface area contributed by atoms with E-state index >= 15 is 0 Å². The molecule has 0 aliphatic heterocycles. The number of aromatic nitrogens is 1. The van der Waals surface area contributed by atoms with Gasteiger partial charge in [-0.3, -0.25) is 4.98 Å². The van der Waals surface area contributed by atoms with Crippen LogP contribution in [0.2, 0.25) is 0 Å². The third kappa shape index (κ3) is 4.84. The number of hydrogen-bond donors (Lipinski definition) is 0. The van der Waals surface area contributed by atoms with E-state index in [4.69, 9.17) is 0 Å². The molecular formula is C10H14IN3O3S. The minimum absolute atomic E-state index is 0.0815. The van der Waals surface area contributed by atoms with Crippen LogP contribution in [0, 0.1) is 10.1 Å². The first kappa shape index (κ1) is 15.3. The van der Waals surface area contributed by atoms with Gasteiger partial charge in [0.1, 0.15) is 14.2 Å². The number of rotatable bonds is 5. The summed E-state index contributed by atoms with van der Waals surface area (Å²) >= 11 is 2.22. The molecule has 1 aromatic rings. The summed E-state index contributed by atoms with van der Waals surface area (Å²) in [6.07, 6.45) is 3.03. The fourth-order valence-electron chi connectivity index (χ4n) is 1.54. The second-order valence-electron chi connectivity index (χ2n) is 4.06. The lowest BCUT2D eigenvalue weighted by molar-refractivity contribution is -0.482. The molecule has 0 aliphatic carbocycles. The van der Waals surface area contributed by atoms with E-state index in [-0.39, 0.29) is 11.7 Å². The summed E-state index contributed by atoms with van der Waals surface area (Å²) in [5.74, 6) is 0.0705. The first-order valence-electron chi connectivity index (χ1n) is 5.19. The summed E-state index contributed by atoms with van der Waals surface area (Å²) in [4.78, 5) is 14.5. The van der Waals surface area contributed by atoms with Crippen molar-refractivity contribution in [2.75, 3.05) is 12.0 Å². The van der Waals surface area contributed by atoms with Crippen molar-refractivity contribution in [2.45, 2.75) is 17.3 Å². The average Bonchev–Trinajstić information content (AvgIpc) is 2.26. The third-order valence-corrected chi connectivity index (χ3v) is 4.73. The van der Waals surface area contributed by atoms with Gasteiger partial charge in [0.15, 0.2) is 5.03 Å². The van der Waals surface area contributed by atoms with Crippen LogP contribution in [0.5, 0.6) is 0 Å². The molecule has 0 bridgehead atoms. The summed E-state index contributed by atoms with van der Waals surface area (Å²) in [5, 5.41) is 9.38. The molecule has 0 amide bonds. The number of nitro groups is 1. The fraction of sp³-hybridized carbons (Fsp3) is 0.500. The molecule has 2 unspecified atom stereocenters. The van der Waals surface area contributed by atoms with Gasteiger partial charge in [-0.25, -0.2) is 14.3 Å². The van der Waals surface area contributed by atoms with E-state index in [0.29, 0.717) is 0 Å². The molecule has 18 heavy (non-hydrogen) atoms. The molecule has 0 aromatic carbocycles. The predicted octanol–water partition coefficient (Wildman–Crippen LogP) is 2.41. The molecule has 8 heteroatoms. The number of halogens is 1. The van der Waals surface area contributed by atoms with Crippen LogP contribution in [-0.4, -0.2) is 26.2 Å². The summed E-state index contributed by atoms with van der Waals surface area (Å²) in [7, 11) is -2.80. The molecule has 0 aliphatic rings. The normalized spacial score (nSPS) is 15.7. The molecule has 100 valence electrons. The molecule has 1 heterocycles. The lowest BCUT2D eigenvalue weighted by Crippen LogP contribution is -2.12. The number of pyridine rings is 1. The van der Waals surface area contributed by atoms with Crippen LogP contribution >= 0.6 is 22.6 Å². The van der Waals surface area contributed by atoms with Crippen molar-refractivity contribution in [3.05, 3.63) is 39.7 Å². The van der Waals surface area contributed by atoms with E-state index in [9.17, 15) is 14.3 Å². The first-order chi connectivity index (χ1) is 8.34. The van der Waals surface area contributed by atoms with Gasteiger partial charge in [0.2, 0.25) is 0 Å². The Labute approximate surface area is 120 Å². The second-order valence-corrected chi connectivity index (χ2v) is 7.24. The number of alkyl halides is 1. The molecule has 0 spiro atoms. The quantitative estimate of drug-likeness (QED) is 0.338. The van der Waals surface area contributed by atoms with Crippen LogP contribution in [0.25, 0.3) is 0 Å². The average molecular weight is 383 g/mol. The first-order valence-corrected chi connectivity index (χ1v) is 8.81. The minimum Gasteiger partial charge on any atom is -0.260 e. The molecule has 2 atom stereocenters. The van der Waals surface area contributed by atoms with Crippen molar-refractivity contribution in [2.24, 2.45) is 4.47 Å². The van der Waals surface area contributed by atoms with Crippen molar-refractivity contribution in [3.63, 3.8) is 0 Å². The maximum atomic E-state index is 11.9. The number of hydrogen-bond acceptors (Lipinski definition) is 4. The van der Waals surface area contributed by atoms with Gasteiger partial charge in [0.05, 0.1) is 5.69 Å². The predicted molar refractivity (Wildman–Crippen MR) is 78.7 cm³/mol. The molecule has 6 nitrogen and oxygen atoms in total. The minimum atomic E-state index is -2.80. The lowest BCUT2D eigenvalue weighted by Gasteiger charge is -2.11. The highest BCUT2D eigenvalue weighted by Gasteiger charge is 2.15. The van der Waals surface area contributed by atoms with E-state index in [2.05, 4.69) is 32.0 Å². The zero-order valence-electron chi connectivity index (χ0n) is 10.1. The van der Waals surface area contributed by atoms with Crippen LogP contribution in [-0.2, 0) is 14.2 Å². The zero-order chi connectivity index (χ0) is 13.8. The Morgan fingerprint density at radius 3 is 2.72 bits per heavy atom. The highest BCUT2D eigenvalue weighted by molar-refractivity contribution is 14.1. The van der Waals surface area contributed by atoms with Crippen LogP contribution in [0.15, 0.2) is 22.8 Å². The molecular weight excluding hydrogens is 369 g/mol. The highest BCUT2D eigenvalue weighted by Crippen LogP contribution is 2.17. The van der Waals surface area contributed by atoms with Gasteiger partial charge in [-0.2, -0.15) is 0 Å². The smallest absolute Gasteiger partial charge is 0.199 e. The van der Waals surface area contributed by atoms with Crippen molar-refractivity contribution < 1.29 is 9.24 Å². The van der Waals surface area contributed by atoms with Crippen LogP contribution in [0.3, 0.4) is 0 Å². The summed E-state index contributed by atoms with van der Waals surface area (Å²) in [6.45, 7) is 1.86. The zero-order valence-corrected chi connectivity index (χ0v) is 13.1. The summed E-state index contributed by atoms with van der Waals surface area (Å²) < 4.78 is 15.7. The Hall–Kier alpha value is -0.770. The Balaban J connectivity index is 2.85. The van der Waals surface area contributed by atoms with E-state index in [1.807, 2.05) is 19.1 Å². The Morgan fingerprint density at radius 1 is 1.61 bits per heavy atom. The third-order valence-electron chi connectivity index (χ3n) is 2.35. The lowest BCUT2D eigenvalue weighted by atomic mass is 10.1. The SMILES string of the molecule is CC(CS(C)(=O)=N[N+](=O)[O-])c1ccc(CI)nc1. The summed E-state index contributed by atoms with van der Waals surface area (Å²) in [6, 6.07) is 3.81. The second kappa shape index (κ2) is 6.41. The van der Waals surface area contributed by atoms with Gasteiger partial charge in [-0.15, -0.1) is 0 Å². The molecule has 0 saturated heterocycles. The van der Waals surface area contributed by atoms with Crippen molar-refractivity contribution in [1.82, 2.24) is 4.98 Å². The van der Waals surface area contributed by atoms with Gasteiger partial charge in [-0.1, -0.05) is 35.6 Å². The Kier molecular flexibility index (Phi) is 5.45. The monoisotopic (exact) mass is 383 g/mol. The van der Waals surface area contributed by atoms with Crippen LogP contribution in [0.4, 0.5) is 0 Å². The van der Waals surface area contributed by atoms with Crippen molar-refractivity contribution in [3.8, 4) is 0 Å². The van der Waals surface area contributed by atoms with Gasteiger partial charge < -0.3 is 0 Å². The molecule has 1 rings (SSSR count). The Bertz CT molecular complexity index is 538. The fourth-order valence-corrected chi connectivity index (χ4v) is 3.46. The Morgan fingerprint density at radius 2 is 2.28 bits per heavy atom.